The number of nitrogens with zero attached hydrogens (tertiary/aromatic N) is 6. The molecule has 3 aromatic heterocycles. The Kier molecular flexibility index (Phi) is 6.38. The Morgan fingerprint density at radius 2 is 1.95 bits per heavy atom. The van der Waals surface area contributed by atoms with Crippen molar-refractivity contribution in [3.63, 3.8) is 0 Å². The molecule has 12 heteroatoms. The normalized spacial score (nSPS) is 25.4. The lowest BCUT2D eigenvalue weighted by Crippen LogP contribution is -2.39. The Labute approximate surface area is 224 Å². The van der Waals surface area contributed by atoms with Crippen molar-refractivity contribution in [2.24, 2.45) is 17.0 Å². The molecule has 3 aliphatic rings. The van der Waals surface area contributed by atoms with E-state index in [1.165, 1.54) is 12.8 Å². The fourth-order valence-corrected chi connectivity index (χ4v) is 6.53. The molecule has 0 aliphatic heterocycles. The van der Waals surface area contributed by atoms with Crippen LogP contribution in [0, 0.1) is 24.3 Å². The lowest BCUT2D eigenvalue weighted by Gasteiger charge is -2.24. The van der Waals surface area contributed by atoms with Crippen LogP contribution in [0.4, 0.5) is 11.8 Å². The highest BCUT2D eigenvalue weighted by Crippen LogP contribution is 2.45. The van der Waals surface area contributed by atoms with E-state index in [0.29, 0.717) is 30.0 Å². The number of aromatic nitrogens is 4. The van der Waals surface area contributed by atoms with E-state index in [9.17, 15) is 10.2 Å². The van der Waals surface area contributed by atoms with Gasteiger partial charge in [-0.3, -0.25) is 4.98 Å². The Balaban J connectivity index is 1.38. The average Bonchev–Trinajstić information content (AvgIpc) is 3.80. The fourth-order valence-electron chi connectivity index (χ4n) is 5.47. The molecule has 3 saturated carbocycles. The number of aliphatic hydroxyl groups is 2. The maximum atomic E-state index is 11.0. The van der Waals surface area contributed by atoms with Crippen LogP contribution in [-0.2, 0) is 0 Å². The van der Waals surface area contributed by atoms with Crippen molar-refractivity contribution < 1.29 is 10.2 Å². The van der Waals surface area contributed by atoms with Crippen molar-refractivity contribution >= 4 is 33.3 Å². The standard InChI is InChI=1S/C26H34N9O2S/c1-12-18(24-32-20-17(38-24)8-9-28-19(20)14-6-7-14)23(33-25(30-12)29-11-13-4-5-13)31-16-10-15(21(36)22(16)37)26(2,3)34-35-27/h8-9,13-16,21-22,27,36-37H,4-7,10-11H2,1-3H3,(H2,29,30,31,33)/q+1/t15-,16+,21+,22-/m0/s1. The lowest BCUT2D eigenvalue weighted by molar-refractivity contribution is 0.00215. The quantitative estimate of drug-likeness (QED) is 0.202. The van der Waals surface area contributed by atoms with Crippen LogP contribution in [0.3, 0.4) is 0 Å². The molecule has 4 atom stereocenters. The van der Waals surface area contributed by atoms with Gasteiger partial charge >= 0.3 is 0 Å². The summed E-state index contributed by atoms with van der Waals surface area (Å²) in [4.78, 5) is 22.5. The molecule has 11 nitrogen and oxygen atoms in total. The smallest absolute Gasteiger partial charge is 0.224 e. The number of aryl methyl sites for hydroxylation is 1. The highest BCUT2D eigenvalue weighted by Gasteiger charge is 2.51. The molecular weight excluding hydrogens is 502 g/mol. The molecule has 3 aliphatic carbocycles. The zero-order chi connectivity index (χ0) is 26.6. The molecule has 0 bridgehead atoms. The van der Waals surface area contributed by atoms with Gasteiger partial charge in [-0.05, 0) is 64.9 Å². The first-order valence-corrected chi connectivity index (χ1v) is 14.2. The van der Waals surface area contributed by atoms with Gasteiger partial charge < -0.3 is 20.8 Å². The molecule has 0 spiro atoms. The van der Waals surface area contributed by atoms with Crippen molar-refractivity contribution in [3.05, 3.63) is 23.7 Å². The number of fused-ring (bicyclic) bond motifs is 1. The van der Waals surface area contributed by atoms with Gasteiger partial charge in [-0.15, -0.1) is 11.3 Å². The number of anilines is 2. The summed E-state index contributed by atoms with van der Waals surface area (Å²) < 4.78 is 1.08. The van der Waals surface area contributed by atoms with Crippen LogP contribution < -0.4 is 15.5 Å². The van der Waals surface area contributed by atoms with E-state index in [1.54, 1.807) is 11.3 Å². The molecule has 5 N–H and O–H groups in total. The zero-order valence-corrected chi connectivity index (χ0v) is 22.7. The van der Waals surface area contributed by atoms with E-state index in [1.807, 2.05) is 33.0 Å². The Morgan fingerprint density at radius 3 is 2.66 bits per heavy atom. The first kappa shape index (κ1) is 25.2. The summed E-state index contributed by atoms with van der Waals surface area (Å²) in [5, 5.41) is 33.5. The van der Waals surface area contributed by atoms with Crippen LogP contribution in [0.2, 0.25) is 0 Å². The number of nitrogens with one attached hydrogen (secondary N) is 3. The summed E-state index contributed by atoms with van der Waals surface area (Å²) in [6.07, 6.45) is 4.99. The van der Waals surface area contributed by atoms with Crippen LogP contribution in [0.1, 0.15) is 63.3 Å². The molecule has 0 radical (unpaired) electrons. The van der Waals surface area contributed by atoms with E-state index in [4.69, 9.17) is 20.5 Å². The van der Waals surface area contributed by atoms with E-state index < -0.39 is 23.8 Å². The molecule has 3 fully saturated rings. The molecule has 0 unspecified atom stereocenters. The van der Waals surface area contributed by atoms with E-state index in [0.717, 1.165) is 51.6 Å². The summed E-state index contributed by atoms with van der Waals surface area (Å²) in [6.45, 7) is 6.42. The number of rotatable bonds is 9. The van der Waals surface area contributed by atoms with Gasteiger partial charge in [-0.1, -0.05) is 0 Å². The maximum absolute atomic E-state index is 11.0. The SMILES string of the molecule is Cc1nc(NCC2CC2)nc(N[C@@H]2C[C@H](C(C)(C)N=[N+]=N)[C@@H](O)[C@H]2O)c1-c1nc2c(C3CC3)nccc2s1. The Morgan fingerprint density at radius 1 is 1.16 bits per heavy atom. The van der Waals surface area contributed by atoms with Crippen molar-refractivity contribution in [3.8, 4) is 10.6 Å². The van der Waals surface area contributed by atoms with Gasteiger partial charge in [0.2, 0.25) is 10.9 Å². The highest BCUT2D eigenvalue weighted by atomic mass is 32.1. The van der Waals surface area contributed by atoms with Gasteiger partial charge in [0.15, 0.2) is 0 Å². The monoisotopic (exact) mass is 536 g/mol. The van der Waals surface area contributed by atoms with E-state index in [2.05, 4.69) is 25.6 Å². The number of thiazole rings is 1. The topological polar surface area (TPSA) is 166 Å². The lowest BCUT2D eigenvalue weighted by atomic mass is 9.85. The predicted octanol–water partition coefficient (Wildman–Crippen LogP) is 4.01. The molecule has 0 saturated heterocycles. The second-order valence-electron chi connectivity index (χ2n) is 11.4. The van der Waals surface area contributed by atoms with Crippen LogP contribution in [0.25, 0.3) is 20.8 Å². The van der Waals surface area contributed by atoms with Gasteiger partial charge in [0.05, 0.1) is 33.8 Å². The van der Waals surface area contributed by atoms with Crippen LogP contribution >= 0.6 is 11.3 Å². The highest BCUT2D eigenvalue weighted by molar-refractivity contribution is 7.21. The second kappa shape index (κ2) is 9.60. The van der Waals surface area contributed by atoms with Gasteiger partial charge in [0.25, 0.3) is 0 Å². The Hall–Kier alpha value is -3.05. The van der Waals surface area contributed by atoms with Crippen LogP contribution in [-0.4, -0.2) is 60.5 Å². The van der Waals surface area contributed by atoms with Gasteiger partial charge in [-0.2, -0.15) is 4.98 Å². The summed E-state index contributed by atoms with van der Waals surface area (Å²) >= 11 is 1.59. The third-order valence-electron chi connectivity index (χ3n) is 8.07. The van der Waals surface area contributed by atoms with Crippen LogP contribution in [0.5, 0.6) is 0 Å². The van der Waals surface area contributed by atoms with E-state index in [-0.39, 0.29) is 5.92 Å². The van der Waals surface area contributed by atoms with Crippen molar-refractivity contribution in [1.29, 1.82) is 5.53 Å². The van der Waals surface area contributed by atoms with Crippen LogP contribution in [0.15, 0.2) is 17.4 Å². The fraction of sp³-hybridized carbons (Fsp3) is 0.615. The van der Waals surface area contributed by atoms with Crippen molar-refractivity contribution in [2.75, 3.05) is 17.2 Å². The Bertz CT molecular complexity index is 1410. The largest absolute Gasteiger partial charge is 0.390 e. The number of pyridine rings is 1. The van der Waals surface area contributed by atoms with Gasteiger partial charge in [0.1, 0.15) is 38.6 Å². The predicted molar refractivity (Wildman–Crippen MR) is 145 cm³/mol. The second-order valence-corrected chi connectivity index (χ2v) is 12.5. The van der Waals surface area contributed by atoms with Crippen molar-refractivity contribution in [1.82, 2.24) is 24.8 Å². The molecule has 3 aromatic rings. The summed E-state index contributed by atoms with van der Waals surface area (Å²) in [5.41, 5.74) is 9.95. The molecular formula is C26H34N9O2S+. The number of aliphatic hydroxyl groups excluding tert-OH is 2. The number of hydrogen-bond donors (Lipinski definition) is 5. The minimum atomic E-state index is -1.03. The molecule has 3 heterocycles. The average molecular weight is 537 g/mol. The first-order chi connectivity index (χ1) is 18.2. The van der Waals surface area contributed by atoms with Gasteiger partial charge in [-0.25, -0.2) is 9.97 Å². The minimum Gasteiger partial charge on any atom is -0.390 e. The molecule has 200 valence electrons. The van der Waals surface area contributed by atoms with Crippen molar-refractivity contribution in [2.45, 2.75) is 82.6 Å². The minimum absolute atomic E-state index is 0.377. The molecule has 0 aromatic carbocycles. The molecule has 0 amide bonds. The molecule has 6 rings (SSSR count). The summed E-state index contributed by atoms with van der Waals surface area (Å²) in [7, 11) is 0. The van der Waals surface area contributed by atoms with E-state index >= 15 is 0 Å². The summed E-state index contributed by atoms with van der Waals surface area (Å²) in [6, 6.07) is 1.53. The molecule has 38 heavy (non-hydrogen) atoms. The maximum Gasteiger partial charge on any atom is 0.224 e. The summed E-state index contributed by atoms with van der Waals surface area (Å²) in [5.74, 6) is 1.88. The third-order valence-corrected chi connectivity index (χ3v) is 9.11. The first-order valence-electron chi connectivity index (χ1n) is 13.3. The third kappa shape index (κ3) is 4.77. The zero-order valence-electron chi connectivity index (χ0n) is 21.8. The number of hydrogen-bond acceptors (Lipinski definition) is 11. The van der Waals surface area contributed by atoms with Gasteiger partial charge in [0, 0.05) is 24.6 Å².